The number of thioether (sulfide) groups is 1. The number of anilines is 2. The number of carbonyl (C=O) groups excluding carboxylic acids is 2. The van der Waals surface area contributed by atoms with Crippen molar-refractivity contribution in [1.29, 1.82) is 5.26 Å². The highest BCUT2D eigenvalue weighted by Gasteiger charge is 2.29. The molecule has 4 rings (SSSR count). The highest BCUT2D eigenvalue weighted by atomic mass is 32.2. The summed E-state index contributed by atoms with van der Waals surface area (Å²) in [5.41, 5.74) is 2.48. The highest BCUT2D eigenvalue weighted by molar-refractivity contribution is 8.01. The van der Waals surface area contributed by atoms with E-state index in [9.17, 15) is 14.9 Å². The van der Waals surface area contributed by atoms with Crippen LogP contribution >= 0.6 is 23.1 Å². The van der Waals surface area contributed by atoms with Crippen molar-refractivity contribution in [2.75, 3.05) is 10.6 Å². The van der Waals surface area contributed by atoms with Gasteiger partial charge in [0.1, 0.15) is 11.1 Å². The molecule has 1 aliphatic carbocycles. The number of amides is 2. The summed E-state index contributed by atoms with van der Waals surface area (Å²) in [4.78, 5) is 27.0. The average molecular weight is 383 g/mol. The van der Waals surface area contributed by atoms with Gasteiger partial charge in [-0.3, -0.25) is 9.59 Å². The Balaban J connectivity index is 1.48. The number of para-hydroxylation sites is 1. The van der Waals surface area contributed by atoms with Crippen LogP contribution in [0.25, 0.3) is 0 Å². The molecule has 2 heterocycles. The summed E-state index contributed by atoms with van der Waals surface area (Å²) >= 11 is 2.91. The normalized spacial score (nSPS) is 18.3. The van der Waals surface area contributed by atoms with Crippen molar-refractivity contribution in [2.24, 2.45) is 0 Å². The molecular formula is C19H17N3O2S2. The topological polar surface area (TPSA) is 82.0 Å². The van der Waals surface area contributed by atoms with Crippen LogP contribution in [0.1, 0.15) is 35.3 Å². The number of nitrogens with zero attached hydrogens (tertiary/aromatic N) is 1. The minimum atomic E-state index is -0.468. The molecule has 0 fully saturated rings. The second-order valence-electron chi connectivity index (χ2n) is 6.37. The molecule has 0 radical (unpaired) electrons. The van der Waals surface area contributed by atoms with Crippen molar-refractivity contribution in [3.63, 3.8) is 0 Å². The average Bonchev–Trinajstić information content (AvgIpc) is 2.99. The molecule has 2 aromatic rings. The summed E-state index contributed by atoms with van der Waals surface area (Å²) in [5.74, 6) is -0.387. The molecule has 1 aliphatic heterocycles. The van der Waals surface area contributed by atoms with Gasteiger partial charge in [0.05, 0.1) is 16.5 Å². The van der Waals surface area contributed by atoms with E-state index >= 15 is 0 Å². The second-order valence-corrected chi connectivity index (χ2v) is 8.72. The van der Waals surface area contributed by atoms with Crippen molar-refractivity contribution in [3.05, 3.63) is 40.3 Å². The molecule has 0 saturated heterocycles. The van der Waals surface area contributed by atoms with Crippen molar-refractivity contribution >= 4 is 45.6 Å². The van der Waals surface area contributed by atoms with E-state index in [4.69, 9.17) is 0 Å². The minimum absolute atomic E-state index is 0.0816. The third-order valence-corrected chi connectivity index (χ3v) is 7.10. The summed E-state index contributed by atoms with van der Waals surface area (Å²) in [5, 5.41) is 15.4. The summed E-state index contributed by atoms with van der Waals surface area (Å²) in [7, 11) is 0. The van der Waals surface area contributed by atoms with E-state index in [0.717, 1.165) is 41.8 Å². The van der Waals surface area contributed by atoms with Crippen molar-refractivity contribution in [1.82, 2.24) is 0 Å². The third kappa shape index (κ3) is 3.22. The quantitative estimate of drug-likeness (QED) is 0.841. The third-order valence-electron chi connectivity index (χ3n) is 4.61. The molecule has 7 heteroatoms. The van der Waals surface area contributed by atoms with Crippen molar-refractivity contribution < 1.29 is 9.59 Å². The zero-order valence-electron chi connectivity index (χ0n) is 14.0. The fourth-order valence-corrected chi connectivity index (χ4v) is 5.71. The number of nitrogens with one attached hydrogen (secondary N) is 2. The van der Waals surface area contributed by atoms with E-state index in [2.05, 4.69) is 16.7 Å². The number of rotatable bonds is 3. The van der Waals surface area contributed by atoms with Gasteiger partial charge in [-0.15, -0.1) is 23.1 Å². The Morgan fingerprint density at radius 3 is 2.96 bits per heavy atom. The lowest BCUT2D eigenvalue weighted by Crippen LogP contribution is -2.32. The number of benzene rings is 1. The van der Waals surface area contributed by atoms with Crippen molar-refractivity contribution in [2.45, 2.75) is 42.2 Å². The minimum Gasteiger partial charge on any atom is -0.324 e. The first kappa shape index (κ1) is 17.1. The first-order chi connectivity index (χ1) is 12.7. The molecule has 2 aliphatic rings. The maximum absolute atomic E-state index is 12.5. The summed E-state index contributed by atoms with van der Waals surface area (Å²) in [6.45, 7) is 0. The van der Waals surface area contributed by atoms with Crippen molar-refractivity contribution in [3.8, 4) is 6.07 Å². The van der Waals surface area contributed by atoms with Crippen LogP contribution in [0, 0.1) is 11.3 Å². The second kappa shape index (κ2) is 7.14. The van der Waals surface area contributed by atoms with Crippen LogP contribution in [0.2, 0.25) is 0 Å². The molecule has 0 spiro atoms. The molecule has 1 aromatic heterocycles. The highest BCUT2D eigenvalue weighted by Crippen LogP contribution is 2.39. The monoisotopic (exact) mass is 383 g/mol. The number of hydrogen-bond acceptors (Lipinski definition) is 5. The molecule has 1 aromatic carbocycles. The van der Waals surface area contributed by atoms with Gasteiger partial charge in [0, 0.05) is 16.2 Å². The number of fused-ring (bicyclic) bond motifs is 2. The Kier molecular flexibility index (Phi) is 4.70. The van der Waals surface area contributed by atoms with Gasteiger partial charge in [-0.25, -0.2) is 0 Å². The Hall–Kier alpha value is -2.30. The van der Waals surface area contributed by atoms with E-state index in [1.807, 2.05) is 24.3 Å². The number of nitriles is 1. The van der Waals surface area contributed by atoms with Crippen LogP contribution in [0.15, 0.2) is 29.2 Å². The Morgan fingerprint density at radius 1 is 1.31 bits per heavy atom. The Morgan fingerprint density at radius 2 is 2.12 bits per heavy atom. The first-order valence-corrected chi connectivity index (χ1v) is 10.3. The smallest absolute Gasteiger partial charge is 0.238 e. The van der Waals surface area contributed by atoms with Gasteiger partial charge in [0.2, 0.25) is 11.8 Å². The number of hydrogen-bond donors (Lipinski definition) is 2. The lowest BCUT2D eigenvalue weighted by molar-refractivity contribution is -0.120. The fraction of sp³-hybridized carbons (Fsp3) is 0.316. The van der Waals surface area contributed by atoms with Gasteiger partial charge in [0.15, 0.2) is 0 Å². The van der Waals surface area contributed by atoms with E-state index in [1.54, 1.807) is 0 Å². The molecule has 0 saturated carbocycles. The number of carbonyl (C=O) groups is 2. The number of aryl methyl sites for hydroxylation is 1. The van der Waals surface area contributed by atoms with E-state index in [1.165, 1.54) is 28.0 Å². The Labute approximate surface area is 159 Å². The maximum Gasteiger partial charge on any atom is 0.238 e. The summed E-state index contributed by atoms with van der Waals surface area (Å²) in [6.07, 6.45) is 4.18. The molecule has 0 bridgehead atoms. The lowest BCUT2D eigenvalue weighted by atomic mass is 9.96. The van der Waals surface area contributed by atoms with E-state index in [0.29, 0.717) is 10.6 Å². The van der Waals surface area contributed by atoms with Crippen LogP contribution < -0.4 is 10.6 Å². The number of thiophene rings is 1. The van der Waals surface area contributed by atoms with Gasteiger partial charge >= 0.3 is 0 Å². The predicted molar refractivity (Wildman–Crippen MR) is 104 cm³/mol. The zero-order valence-corrected chi connectivity index (χ0v) is 15.6. The standard InChI is InChI=1S/C19H17N3O2S2/c20-10-12-11-5-1-3-7-14(11)26-19(12)22-17(23)9-16-18(24)21-13-6-2-4-8-15(13)25-16/h2,4,6,8,16H,1,3,5,7,9H2,(H,21,24)(H,22,23). The van der Waals surface area contributed by atoms with Crippen LogP contribution in [0.4, 0.5) is 10.7 Å². The largest absolute Gasteiger partial charge is 0.324 e. The SMILES string of the molecule is N#Cc1c(NC(=O)CC2Sc3ccccc3NC2=O)sc2c1CCCC2. The van der Waals surface area contributed by atoms with Gasteiger partial charge in [-0.1, -0.05) is 12.1 Å². The van der Waals surface area contributed by atoms with Crippen LogP contribution in [0.3, 0.4) is 0 Å². The van der Waals surface area contributed by atoms with Crippen LogP contribution in [0.5, 0.6) is 0 Å². The molecule has 1 unspecified atom stereocenters. The van der Waals surface area contributed by atoms with E-state index < -0.39 is 5.25 Å². The molecule has 2 amide bonds. The molecular weight excluding hydrogens is 366 g/mol. The van der Waals surface area contributed by atoms with Gasteiger partial charge < -0.3 is 10.6 Å². The molecule has 1 atom stereocenters. The zero-order chi connectivity index (χ0) is 18.1. The fourth-order valence-electron chi connectivity index (χ4n) is 3.35. The first-order valence-electron chi connectivity index (χ1n) is 8.56. The molecule has 2 N–H and O–H groups in total. The van der Waals surface area contributed by atoms with E-state index in [-0.39, 0.29) is 18.2 Å². The predicted octanol–water partition coefficient (Wildman–Crippen LogP) is 3.94. The molecule has 5 nitrogen and oxygen atoms in total. The van der Waals surface area contributed by atoms with Gasteiger partial charge in [-0.2, -0.15) is 5.26 Å². The lowest BCUT2D eigenvalue weighted by Gasteiger charge is -2.23. The van der Waals surface area contributed by atoms with Crippen LogP contribution in [-0.4, -0.2) is 17.1 Å². The molecule has 26 heavy (non-hydrogen) atoms. The summed E-state index contributed by atoms with van der Waals surface area (Å²) in [6, 6.07) is 9.82. The Bertz CT molecular complexity index is 929. The van der Waals surface area contributed by atoms with Crippen LogP contribution in [-0.2, 0) is 22.4 Å². The summed E-state index contributed by atoms with van der Waals surface area (Å²) < 4.78 is 0. The van der Waals surface area contributed by atoms with Gasteiger partial charge in [-0.05, 0) is 43.4 Å². The van der Waals surface area contributed by atoms with Gasteiger partial charge in [0.25, 0.3) is 0 Å². The molecule has 132 valence electrons. The maximum atomic E-state index is 12.5.